The van der Waals surface area contributed by atoms with Gasteiger partial charge in [0.2, 0.25) is 0 Å². The molecule has 0 saturated heterocycles. The van der Waals surface area contributed by atoms with Crippen molar-refractivity contribution in [2.45, 2.75) is 0 Å². The number of carbonyl (C=O) groups is 1. The highest BCUT2D eigenvalue weighted by Gasteiger charge is 2.15. The normalized spacial score (nSPS) is 9.85. The summed E-state index contributed by atoms with van der Waals surface area (Å²) in [5.41, 5.74) is 0.150. The monoisotopic (exact) mass is 351 g/mol. The predicted octanol–water partition coefficient (Wildman–Crippen LogP) is 4.46. The molecule has 0 spiro atoms. The second-order valence-electron chi connectivity index (χ2n) is 3.77. The van der Waals surface area contributed by atoms with E-state index in [1.807, 2.05) is 6.07 Å². The van der Waals surface area contributed by atoms with Gasteiger partial charge in [0.15, 0.2) is 0 Å². The Morgan fingerprint density at radius 1 is 1.30 bits per heavy atom. The molecule has 0 aliphatic rings. The molecule has 0 radical (unpaired) electrons. The summed E-state index contributed by atoms with van der Waals surface area (Å²) in [6, 6.07) is 11.3. The largest absolute Gasteiger partial charge is 0.478 e. The maximum atomic E-state index is 11.2. The van der Waals surface area contributed by atoms with Crippen LogP contribution in [-0.2, 0) is 0 Å². The van der Waals surface area contributed by atoms with E-state index in [9.17, 15) is 4.79 Å². The Labute approximate surface area is 128 Å². The number of carboxylic acid groups (broad SMARTS) is 1. The quantitative estimate of drug-likeness (QED) is 0.885. The molecule has 0 fully saturated rings. The smallest absolute Gasteiger partial charge is 0.339 e. The summed E-state index contributed by atoms with van der Waals surface area (Å²) < 4.78 is 6.14. The van der Waals surface area contributed by atoms with E-state index in [2.05, 4.69) is 15.9 Å². The van der Waals surface area contributed by atoms with Crippen molar-refractivity contribution in [3.63, 3.8) is 0 Å². The highest BCUT2D eigenvalue weighted by molar-refractivity contribution is 9.10. The standard InChI is InChI=1S/C14H7BrClNO3/c15-8-4-5-13(9(6-8)14(18)19)20-12-3-1-2-11(16)10(12)7-17/h1-6H,(H,18,19). The summed E-state index contributed by atoms with van der Waals surface area (Å²) in [7, 11) is 0. The fourth-order valence-corrected chi connectivity index (χ4v) is 2.14. The zero-order valence-electron chi connectivity index (χ0n) is 9.93. The van der Waals surface area contributed by atoms with Gasteiger partial charge in [-0.05, 0) is 30.3 Å². The number of hydrogen-bond donors (Lipinski definition) is 1. The van der Waals surface area contributed by atoms with E-state index < -0.39 is 5.97 Å². The van der Waals surface area contributed by atoms with E-state index in [1.54, 1.807) is 24.3 Å². The van der Waals surface area contributed by atoms with E-state index in [1.165, 1.54) is 12.1 Å². The lowest BCUT2D eigenvalue weighted by molar-refractivity contribution is 0.0694. The number of nitriles is 1. The molecule has 0 aromatic heterocycles. The van der Waals surface area contributed by atoms with Crippen molar-refractivity contribution in [3.8, 4) is 17.6 Å². The van der Waals surface area contributed by atoms with Gasteiger partial charge in [-0.3, -0.25) is 0 Å². The third-order valence-electron chi connectivity index (χ3n) is 2.48. The van der Waals surface area contributed by atoms with Gasteiger partial charge in [0, 0.05) is 4.47 Å². The number of aromatic carboxylic acids is 1. The number of nitrogens with zero attached hydrogens (tertiary/aromatic N) is 1. The molecule has 20 heavy (non-hydrogen) atoms. The van der Waals surface area contributed by atoms with Gasteiger partial charge in [-0.2, -0.15) is 5.26 Å². The van der Waals surface area contributed by atoms with E-state index in [4.69, 9.17) is 26.7 Å². The number of carboxylic acids is 1. The molecular weight excluding hydrogens is 346 g/mol. The van der Waals surface area contributed by atoms with Crippen LogP contribution in [0.5, 0.6) is 11.5 Å². The number of ether oxygens (including phenoxy) is 1. The van der Waals surface area contributed by atoms with Gasteiger partial charge < -0.3 is 9.84 Å². The van der Waals surface area contributed by atoms with Crippen LogP contribution in [0.1, 0.15) is 15.9 Å². The third kappa shape index (κ3) is 2.93. The van der Waals surface area contributed by atoms with E-state index in [0.717, 1.165) is 0 Å². The minimum absolute atomic E-state index is 0.0109. The van der Waals surface area contributed by atoms with Gasteiger partial charge >= 0.3 is 5.97 Å². The van der Waals surface area contributed by atoms with Gasteiger partial charge in [0.05, 0.1) is 5.02 Å². The van der Waals surface area contributed by atoms with Crippen LogP contribution in [0.4, 0.5) is 0 Å². The van der Waals surface area contributed by atoms with Crippen molar-refractivity contribution in [3.05, 3.63) is 57.0 Å². The van der Waals surface area contributed by atoms with Crippen LogP contribution < -0.4 is 4.74 Å². The van der Waals surface area contributed by atoms with Crippen LogP contribution in [0.25, 0.3) is 0 Å². The lowest BCUT2D eigenvalue weighted by atomic mass is 10.2. The highest BCUT2D eigenvalue weighted by atomic mass is 79.9. The molecule has 4 nitrogen and oxygen atoms in total. The zero-order valence-corrected chi connectivity index (χ0v) is 12.3. The topological polar surface area (TPSA) is 70.3 Å². The molecule has 0 bridgehead atoms. The first-order valence-electron chi connectivity index (χ1n) is 5.42. The second kappa shape index (κ2) is 5.95. The molecule has 0 saturated carbocycles. The molecule has 100 valence electrons. The molecule has 0 unspecified atom stereocenters. The zero-order chi connectivity index (χ0) is 14.7. The fraction of sp³-hybridized carbons (Fsp3) is 0. The Bertz CT molecular complexity index is 725. The van der Waals surface area contributed by atoms with Gasteiger partial charge in [-0.1, -0.05) is 33.6 Å². The molecule has 6 heteroatoms. The summed E-state index contributed by atoms with van der Waals surface area (Å²) in [6.07, 6.45) is 0. The Morgan fingerprint density at radius 2 is 2.05 bits per heavy atom. The molecule has 0 aliphatic carbocycles. The molecule has 2 aromatic rings. The second-order valence-corrected chi connectivity index (χ2v) is 5.10. The van der Waals surface area contributed by atoms with E-state index in [0.29, 0.717) is 4.47 Å². The number of hydrogen-bond acceptors (Lipinski definition) is 3. The van der Waals surface area contributed by atoms with Crippen LogP contribution in [0.15, 0.2) is 40.9 Å². The lowest BCUT2D eigenvalue weighted by Crippen LogP contribution is -2.00. The van der Waals surface area contributed by atoms with Crippen molar-refractivity contribution < 1.29 is 14.6 Å². The third-order valence-corrected chi connectivity index (χ3v) is 3.29. The van der Waals surface area contributed by atoms with Crippen LogP contribution in [0, 0.1) is 11.3 Å². The minimum atomic E-state index is -1.12. The van der Waals surface area contributed by atoms with Crippen LogP contribution in [0.2, 0.25) is 5.02 Å². The summed E-state index contributed by atoms with van der Waals surface area (Å²) in [6.45, 7) is 0. The summed E-state index contributed by atoms with van der Waals surface area (Å²) in [4.78, 5) is 11.2. The summed E-state index contributed by atoms with van der Waals surface area (Å²) in [5, 5.41) is 18.5. The van der Waals surface area contributed by atoms with Crippen molar-refractivity contribution in [1.82, 2.24) is 0 Å². The van der Waals surface area contributed by atoms with Crippen LogP contribution in [0.3, 0.4) is 0 Å². The predicted molar refractivity (Wildman–Crippen MR) is 77.3 cm³/mol. The van der Waals surface area contributed by atoms with E-state index >= 15 is 0 Å². The molecule has 2 rings (SSSR count). The SMILES string of the molecule is N#Cc1c(Cl)cccc1Oc1ccc(Br)cc1C(=O)O. The Morgan fingerprint density at radius 3 is 2.70 bits per heavy atom. The Hall–Kier alpha value is -2.03. The minimum Gasteiger partial charge on any atom is -0.478 e. The van der Waals surface area contributed by atoms with Crippen molar-refractivity contribution in [2.24, 2.45) is 0 Å². The molecule has 1 N–H and O–H groups in total. The Kier molecular flexibility index (Phi) is 4.28. The average molecular weight is 353 g/mol. The fourth-order valence-electron chi connectivity index (χ4n) is 1.57. The first-order chi connectivity index (χ1) is 9.52. The highest BCUT2D eigenvalue weighted by Crippen LogP contribution is 2.32. The lowest BCUT2D eigenvalue weighted by Gasteiger charge is -2.10. The van der Waals surface area contributed by atoms with Gasteiger partial charge in [-0.25, -0.2) is 4.79 Å². The summed E-state index contributed by atoms with van der Waals surface area (Å²) in [5.74, 6) is -0.772. The average Bonchev–Trinajstić information content (AvgIpc) is 2.41. The number of rotatable bonds is 3. The maximum absolute atomic E-state index is 11.2. The number of halogens is 2. The van der Waals surface area contributed by atoms with Crippen molar-refractivity contribution >= 4 is 33.5 Å². The van der Waals surface area contributed by atoms with Crippen LogP contribution in [-0.4, -0.2) is 11.1 Å². The van der Waals surface area contributed by atoms with Gasteiger partial charge in [0.25, 0.3) is 0 Å². The molecular formula is C14H7BrClNO3. The molecule has 0 atom stereocenters. The molecule has 0 aliphatic heterocycles. The van der Waals surface area contributed by atoms with Crippen molar-refractivity contribution in [2.75, 3.05) is 0 Å². The molecule has 2 aromatic carbocycles. The Balaban J connectivity index is 2.49. The molecule has 0 amide bonds. The summed E-state index contributed by atoms with van der Waals surface area (Å²) >= 11 is 9.09. The van der Waals surface area contributed by atoms with E-state index in [-0.39, 0.29) is 27.6 Å². The molecule has 0 heterocycles. The first kappa shape index (κ1) is 14.4. The number of benzene rings is 2. The van der Waals surface area contributed by atoms with Gasteiger partial charge in [-0.15, -0.1) is 0 Å². The van der Waals surface area contributed by atoms with Crippen LogP contribution >= 0.6 is 27.5 Å². The van der Waals surface area contributed by atoms with Gasteiger partial charge in [0.1, 0.15) is 28.7 Å². The first-order valence-corrected chi connectivity index (χ1v) is 6.59. The maximum Gasteiger partial charge on any atom is 0.339 e. The van der Waals surface area contributed by atoms with Crippen molar-refractivity contribution in [1.29, 1.82) is 5.26 Å².